The van der Waals surface area contributed by atoms with Gasteiger partial charge in [0.2, 0.25) is 10.0 Å². The normalized spacial score (nSPS) is 18.2. The predicted octanol–water partition coefficient (Wildman–Crippen LogP) is 3.00. The summed E-state index contributed by atoms with van der Waals surface area (Å²) in [5.41, 5.74) is 5.73. The Bertz CT molecular complexity index is 1330. The van der Waals surface area contributed by atoms with Crippen LogP contribution in [-0.2, 0) is 28.6 Å². The number of nitro benzene ring substituents is 1. The third-order valence-corrected chi connectivity index (χ3v) is 8.93. The van der Waals surface area contributed by atoms with Gasteiger partial charge in [0.15, 0.2) is 0 Å². The minimum Gasteiger partial charge on any atom is -0.443 e. The van der Waals surface area contributed by atoms with Gasteiger partial charge < -0.3 is 25.0 Å². The maximum absolute atomic E-state index is 13.7. The molecule has 0 bridgehead atoms. The molecule has 226 valence electrons. The molecule has 1 aliphatic rings. The van der Waals surface area contributed by atoms with Crippen LogP contribution in [0.25, 0.3) is 0 Å². The van der Waals surface area contributed by atoms with E-state index in [-0.39, 0.29) is 35.6 Å². The average molecular weight is 616 g/mol. The molecule has 14 nitrogen and oxygen atoms in total. The minimum atomic E-state index is -5.27. The van der Waals surface area contributed by atoms with Gasteiger partial charge in [-0.05, 0) is 36.0 Å². The number of ether oxygens (including phenoxy) is 2. The number of rotatable bonds is 14. The van der Waals surface area contributed by atoms with Crippen molar-refractivity contribution in [2.75, 3.05) is 26.3 Å². The highest BCUT2D eigenvalue weighted by Gasteiger charge is 2.44. The van der Waals surface area contributed by atoms with Gasteiger partial charge in [-0.3, -0.25) is 14.6 Å². The maximum atomic E-state index is 13.7. The van der Waals surface area contributed by atoms with E-state index in [9.17, 15) is 37.7 Å². The Kier molecular flexibility index (Phi) is 11.0. The van der Waals surface area contributed by atoms with Crippen LogP contribution in [0.5, 0.6) is 0 Å². The number of primary amides is 1. The molecule has 3 rings (SSSR count). The third kappa shape index (κ3) is 9.04. The Morgan fingerprint density at radius 3 is 2.29 bits per heavy atom. The molecule has 2 unspecified atom stereocenters. The van der Waals surface area contributed by atoms with Crippen LogP contribution in [-0.4, -0.2) is 72.0 Å². The second-order valence-corrected chi connectivity index (χ2v) is 13.2. The van der Waals surface area contributed by atoms with E-state index in [4.69, 9.17) is 19.7 Å². The Morgan fingerprint density at radius 1 is 1.17 bits per heavy atom. The topological polar surface area (TPSA) is 209 Å². The monoisotopic (exact) mass is 615 g/mol. The molecule has 4 N–H and O–H groups in total. The maximum Gasteiger partial charge on any atom is 0.470 e. The van der Waals surface area contributed by atoms with E-state index in [2.05, 4.69) is 0 Å². The number of nitrogens with two attached hydrogens (primary N) is 1. The van der Waals surface area contributed by atoms with Crippen molar-refractivity contribution in [3.8, 4) is 0 Å². The van der Waals surface area contributed by atoms with E-state index in [0.29, 0.717) is 18.6 Å². The lowest BCUT2D eigenvalue weighted by molar-refractivity contribution is -0.384. The van der Waals surface area contributed by atoms with Crippen LogP contribution < -0.4 is 5.73 Å². The highest BCUT2D eigenvalue weighted by atomic mass is 32.2. The summed E-state index contributed by atoms with van der Waals surface area (Å²) >= 11 is 0. The van der Waals surface area contributed by atoms with Crippen LogP contribution >= 0.6 is 7.82 Å². The second-order valence-electron chi connectivity index (χ2n) is 10.1. The van der Waals surface area contributed by atoms with E-state index in [1.165, 1.54) is 0 Å². The summed E-state index contributed by atoms with van der Waals surface area (Å²) in [5, 5.41) is 11.1. The van der Waals surface area contributed by atoms with Crippen molar-refractivity contribution in [2.24, 2.45) is 17.6 Å². The van der Waals surface area contributed by atoms with Crippen LogP contribution in [0.3, 0.4) is 0 Å². The number of nitro groups is 1. The number of carbonyl (C=O) groups is 1. The highest BCUT2D eigenvalue weighted by Crippen LogP contribution is 2.44. The summed E-state index contributed by atoms with van der Waals surface area (Å²) in [6.45, 7) is 3.35. The number of amides is 1. The Labute approximate surface area is 237 Å². The largest absolute Gasteiger partial charge is 0.470 e. The second kappa shape index (κ2) is 13.8. The lowest BCUT2D eigenvalue weighted by Crippen LogP contribution is -2.49. The van der Waals surface area contributed by atoms with Crippen molar-refractivity contribution in [3.05, 3.63) is 70.3 Å². The number of carbonyl (C=O) groups excluding carboxylic acids is 1. The molecule has 0 spiro atoms. The van der Waals surface area contributed by atoms with Crippen molar-refractivity contribution in [1.29, 1.82) is 0 Å². The molecule has 2 aromatic rings. The molecule has 4 atom stereocenters. The van der Waals surface area contributed by atoms with E-state index in [0.717, 1.165) is 28.6 Å². The number of benzene rings is 2. The summed E-state index contributed by atoms with van der Waals surface area (Å²) in [6, 6.07) is 12.9. The van der Waals surface area contributed by atoms with E-state index in [1.54, 1.807) is 44.2 Å². The molecule has 0 aromatic heterocycles. The molecule has 1 saturated heterocycles. The first-order valence-electron chi connectivity index (χ1n) is 12.8. The summed E-state index contributed by atoms with van der Waals surface area (Å²) in [5.74, 6) is -1.28. The fraction of sp³-hybridized carbons (Fsp3) is 0.480. The molecule has 0 radical (unpaired) electrons. The summed E-state index contributed by atoms with van der Waals surface area (Å²) < 4.78 is 56.8. The molecule has 1 amide bonds. The molecular formula is C25H34N3O11PS. The average Bonchev–Trinajstić information content (AvgIpc) is 3.41. The molecule has 2 aromatic carbocycles. The summed E-state index contributed by atoms with van der Waals surface area (Å²) in [7, 11) is -9.65. The number of phosphoric acid groups is 1. The first-order valence-corrected chi connectivity index (χ1v) is 15.7. The van der Waals surface area contributed by atoms with Gasteiger partial charge in [0.1, 0.15) is 12.2 Å². The van der Waals surface area contributed by atoms with E-state index >= 15 is 0 Å². The number of nitrogens with zero attached hydrogens (tertiary/aromatic N) is 2. The van der Waals surface area contributed by atoms with Crippen LogP contribution in [0.4, 0.5) is 10.5 Å². The van der Waals surface area contributed by atoms with Gasteiger partial charge >= 0.3 is 13.9 Å². The van der Waals surface area contributed by atoms with E-state index < -0.39 is 53.5 Å². The lowest BCUT2D eigenvalue weighted by atomic mass is 9.79. The van der Waals surface area contributed by atoms with Crippen molar-refractivity contribution in [3.63, 3.8) is 0 Å². The molecule has 1 aliphatic heterocycles. The zero-order valence-corrected chi connectivity index (χ0v) is 24.2. The molecule has 0 aliphatic carbocycles. The van der Waals surface area contributed by atoms with Crippen molar-refractivity contribution >= 4 is 29.6 Å². The van der Waals surface area contributed by atoms with E-state index in [1.807, 2.05) is 0 Å². The number of phosphoric ester groups is 1. The zero-order valence-electron chi connectivity index (χ0n) is 22.5. The predicted molar refractivity (Wildman–Crippen MR) is 146 cm³/mol. The summed E-state index contributed by atoms with van der Waals surface area (Å²) in [4.78, 5) is 41.9. The van der Waals surface area contributed by atoms with Gasteiger partial charge in [-0.1, -0.05) is 44.2 Å². The smallest absolute Gasteiger partial charge is 0.443 e. The van der Waals surface area contributed by atoms with Crippen molar-refractivity contribution in [2.45, 2.75) is 43.3 Å². The van der Waals surface area contributed by atoms with Gasteiger partial charge in [-0.15, -0.1) is 0 Å². The van der Waals surface area contributed by atoms with Gasteiger partial charge in [0, 0.05) is 37.7 Å². The number of sulfonamides is 1. The Hall–Kier alpha value is -2.91. The van der Waals surface area contributed by atoms with Crippen molar-refractivity contribution in [1.82, 2.24) is 4.31 Å². The summed E-state index contributed by atoms with van der Waals surface area (Å²) in [6.07, 6.45) is -3.84. The number of hydrogen-bond acceptors (Lipinski definition) is 9. The SMILES string of the molecule is CC(C)CN(C[C@@H](OP(=O)(O)O)[C@@H](OC(N)=O)C(c1ccccc1)C1CCOC1)S(=O)(=O)c1ccc([N+](=O)[O-])cc1. The molecular weight excluding hydrogens is 581 g/mol. The quantitative estimate of drug-likeness (QED) is 0.160. The third-order valence-electron chi connectivity index (χ3n) is 6.54. The highest BCUT2D eigenvalue weighted by molar-refractivity contribution is 7.89. The fourth-order valence-corrected chi connectivity index (χ4v) is 7.05. The van der Waals surface area contributed by atoms with Gasteiger partial charge in [-0.25, -0.2) is 17.8 Å². The zero-order chi connectivity index (χ0) is 30.4. The number of non-ortho nitro benzene ring substituents is 1. The number of hydrogen-bond donors (Lipinski definition) is 3. The molecule has 16 heteroatoms. The van der Waals surface area contributed by atoms with Crippen LogP contribution in [0.1, 0.15) is 31.7 Å². The molecule has 1 fully saturated rings. The first kappa shape index (κ1) is 32.6. The van der Waals surface area contributed by atoms with Crippen molar-refractivity contribution < 1.29 is 46.5 Å². The van der Waals surface area contributed by atoms with Gasteiger partial charge in [0.05, 0.1) is 16.4 Å². The van der Waals surface area contributed by atoms with Crippen LogP contribution in [0.15, 0.2) is 59.5 Å². The first-order chi connectivity index (χ1) is 19.2. The minimum absolute atomic E-state index is 0.119. The van der Waals surface area contributed by atoms with Gasteiger partial charge in [0.25, 0.3) is 5.69 Å². The molecule has 0 saturated carbocycles. The van der Waals surface area contributed by atoms with Crippen LogP contribution in [0, 0.1) is 22.0 Å². The Morgan fingerprint density at radius 2 is 1.80 bits per heavy atom. The van der Waals surface area contributed by atoms with Crippen LogP contribution in [0.2, 0.25) is 0 Å². The fourth-order valence-electron chi connectivity index (χ4n) is 4.90. The molecule has 41 heavy (non-hydrogen) atoms. The standard InChI is InChI=1S/C25H34N3O11PS/c1-17(2)14-27(41(35,36)21-10-8-20(9-11-21)28(30)31)15-22(39-40(32,33)34)24(38-25(26)29)23(19-12-13-37-16-19)18-6-4-3-5-7-18/h3-11,17,19,22-24H,12-16H2,1-2H3,(H2,26,29)(H2,32,33,34)/t19?,22-,23?,24-/m1/s1. The molecule has 1 heterocycles. The Balaban J connectivity index is 2.12. The lowest BCUT2D eigenvalue weighted by Gasteiger charge is -2.37. The van der Waals surface area contributed by atoms with Gasteiger partial charge in [-0.2, -0.15) is 4.31 Å².